The fourth-order valence-electron chi connectivity index (χ4n) is 2.80. The number of amides is 1. The lowest BCUT2D eigenvalue weighted by Gasteiger charge is -2.30. The van der Waals surface area contributed by atoms with Crippen molar-refractivity contribution < 1.29 is 18.8 Å². The van der Waals surface area contributed by atoms with Crippen molar-refractivity contribution in [1.29, 1.82) is 0 Å². The summed E-state index contributed by atoms with van der Waals surface area (Å²) >= 11 is 0. The van der Waals surface area contributed by atoms with E-state index < -0.39 is 0 Å². The molecule has 0 unspecified atom stereocenters. The first-order valence-corrected chi connectivity index (χ1v) is 8.64. The highest BCUT2D eigenvalue weighted by Gasteiger charge is 2.28. The number of likely N-dealkylation sites (tertiary alicyclic amines) is 1. The molecule has 0 saturated carbocycles. The number of piperidine rings is 1. The van der Waals surface area contributed by atoms with Gasteiger partial charge < -0.3 is 18.9 Å². The molecule has 1 aliphatic heterocycles. The first kappa shape index (κ1) is 18.4. The van der Waals surface area contributed by atoms with Gasteiger partial charge in [0, 0.05) is 32.3 Å². The summed E-state index contributed by atoms with van der Waals surface area (Å²) in [6.07, 6.45) is 4.71. The van der Waals surface area contributed by atoms with Crippen LogP contribution in [0.4, 0.5) is 0 Å². The number of carbonyl (C=O) groups excluding carboxylic acids is 1. The second-order valence-corrected chi connectivity index (χ2v) is 6.20. The monoisotopic (exact) mass is 361 g/mol. The molecule has 0 radical (unpaired) electrons. The summed E-state index contributed by atoms with van der Waals surface area (Å²) in [7, 11) is 1.62. The molecule has 2 aromatic heterocycles. The van der Waals surface area contributed by atoms with Crippen LogP contribution in [-0.2, 0) is 16.1 Å². The third-order valence-electron chi connectivity index (χ3n) is 4.29. The van der Waals surface area contributed by atoms with Crippen molar-refractivity contribution in [3.63, 3.8) is 0 Å². The second kappa shape index (κ2) is 8.81. The summed E-state index contributed by atoms with van der Waals surface area (Å²) in [5, 5.41) is 4.05. The zero-order chi connectivity index (χ0) is 18.4. The minimum atomic E-state index is -0.0868. The standard InChI is InChI=1S/C17H23N5O4/c1-12-9-19-14(10-18-12)17(23)22-5-3-13(4-6-22)16-20-15(26-21-16)11-25-8-7-24-2/h9-10,13H,3-8,11H2,1-2H3. The first-order chi connectivity index (χ1) is 12.7. The molecule has 140 valence electrons. The maximum absolute atomic E-state index is 12.5. The molecule has 0 aromatic carbocycles. The van der Waals surface area contributed by atoms with Crippen LogP contribution in [0, 0.1) is 6.92 Å². The topological polar surface area (TPSA) is 103 Å². The van der Waals surface area contributed by atoms with Crippen LogP contribution in [0.25, 0.3) is 0 Å². The van der Waals surface area contributed by atoms with E-state index in [1.807, 2.05) is 6.92 Å². The molecule has 1 amide bonds. The molecule has 3 heterocycles. The van der Waals surface area contributed by atoms with Crippen molar-refractivity contribution in [2.45, 2.75) is 32.3 Å². The Labute approximate surface area is 151 Å². The minimum absolute atomic E-state index is 0.0868. The Morgan fingerprint density at radius 3 is 2.77 bits per heavy atom. The molecule has 26 heavy (non-hydrogen) atoms. The molecule has 9 heteroatoms. The lowest BCUT2D eigenvalue weighted by molar-refractivity contribution is 0.0494. The summed E-state index contributed by atoms with van der Waals surface area (Å²) in [6, 6.07) is 0. The summed E-state index contributed by atoms with van der Waals surface area (Å²) in [5.74, 6) is 1.23. The van der Waals surface area contributed by atoms with Gasteiger partial charge in [-0.25, -0.2) is 4.98 Å². The smallest absolute Gasteiger partial charge is 0.274 e. The lowest BCUT2D eigenvalue weighted by atomic mass is 9.96. The van der Waals surface area contributed by atoms with Gasteiger partial charge in [0.2, 0.25) is 0 Å². The van der Waals surface area contributed by atoms with E-state index >= 15 is 0 Å². The molecular weight excluding hydrogens is 338 g/mol. The third-order valence-corrected chi connectivity index (χ3v) is 4.29. The Bertz CT molecular complexity index is 710. The summed E-state index contributed by atoms with van der Waals surface area (Å²) in [6.45, 7) is 4.39. The predicted octanol–water partition coefficient (Wildman–Crippen LogP) is 1.35. The molecule has 0 atom stereocenters. The maximum atomic E-state index is 12.5. The van der Waals surface area contributed by atoms with E-state index in [4.69, 9.17) is 14.0 Å². The highest BCUT2D eigenvalue weighted by Crippen LogP contribution is 2.26. The van der Waals surface area contributed by atoms with Gasteiger partial charge in [-0.3, -0.25) is 9.78 Å². The third kappa shape index (κ3) is 4.61. The van der Waals surface area contributed by atoms with Gasteiger partial charge in [-0.2, -0.15) is 4.98 Å². The molecule has 1 fully saturated rings. The van der Waals surface area contributed by atoms with E-state index in [2.05, 4.69) is 20.1 Å². The molecule has 1 saturated heterocycles. The first-order valence-electron chi connectivity index (χ1n) is 8.64. The SMILES string of the molecule is COCCOCc1nc(C2CCN(C(=O)c3cnc(C)cn3)CC2)no1. The van der Waals surface area contributed by atoms with Gasteiger partial charge in [0.1, 0.15) is 12.3 Å². The number of aromatic nitrogens is 4. The van der Waals surface area contributed by atoms with Crippen molar-refractivity contribution in [2.75, 3.05) is 33.4 Å². The van der Waals surface area contributed by atoms with E-state index in [0.717, 1.165) is 18.5 Å². The number of ether oxygens (including phenoxy) is 2. The molecule has 0 bridgehead atoms. The fourth-order valence-corrected chi connectivity index (χ4v) is 2.80. The zero-order valence-electron chi connectivity index (χ0n) is 15.1. The van der Waals surface area contributed by atoms with Gasteiger partial charge in [-0.1, -0.05) is 5.16 Å². The van der Waals surface area contributed by atoms with Gasteiger partial charge in [0.15, 0.2) is 5.82 Å². The summed E-state index contributed by atoms with van der Waals surface area (Å²) in [5.41, 5.74) is 1.17. The average molecular weight is 361 g/mol. The van der Waals surface area contributed by atoms with Crippen LogP contribution in [-0.4, -0.2) is 64.3 Å². The largest absolute Gasteiger partial charge is 0.382 e. The molecular formula is C17H23N5O4. The molecule has 2 aromatic rings. The lowest BCUT2D eigenvalue weighted by Crippen LogP contribution is -2.38. The molecule has 9 nitrogen and oxygen atoms in total. The second-order valence-electron chi connectivity index (χ2n) is 6.20. The van der Waals surface area contributed by atoms with Gasteiger partial charge in [-0.15, -0.1) is 0 Å². The van der Waals surface area contributed by atoms with Crippen molar-refractivity contribution in [3.8, 4) is 0 Å². The molecule has 1 aliphatic rings. The summed E-state index contributed by atoms with van der Waals surface area (Å²) in [4.78, 5) is 27.0. The van der Waals surface area contributed by atoms with Crippen molar-refractivity contribution in [1.82, 2.24) is 25.0 Å². The number of methoxy groups -OCH3 is 1. The molecule has 0 aliphatic carbocycles. The van der Waals surface area contributed by atoms with Crippen LogP contribution < -0.4 is 0 Å². The maximum Gasteiger partial charge on any atom is 0.274 e. The normalized spacial score (nSPS) is 15.4. The Hall–Kier alpha value is -2.39. The minimum Gasteiger partial charge on any atom is -0.382 e. The number of hydrogen-bond donors (Lipinski definition) is 0. The van der Waals surface area contributed by atoms with E-state index in [0.29, 0.717) is 43.7 Å². The van der Waals surface area contributed by atoms with Gasteiger partial charge >= 0.3 is 0 Å². The molecule has 0 spiro atoms. The Morgan fingerprint density at radius 2 is 2.08 bits per heavy atom. The molecule has 3 rings (SSSR count). The summed E-state index contributed by atoms with van der Waals surface area (Å²) < 4.78 is 15.5. The Kier molecular flexibility index (Phi) is 6.24. The highest BCUT2D eigenvalue weighted by atomic mass is 16.5. The fraction of sp³-hybridized carbons (Fsp3) is 0.588. The number of aryl methyl sites for hydroxylation is 1. The van der Waals surface area contributed by atoms with Crippen LogP contribution in [0.3, 0.4) is 0 Å². The van der Waals surface area contributed by atoms with Crippen LogP contribution in [0.5, 0.6) is 0 Å². The molecule has 0 N–H and O–H groups in total. The van der Waals surface area contributed by atoms with Crippen molar-refractivity contribution in [2.24, 2.45) is 0 Å². The number of carbonyl (C=O) groups is 1. The van der Waals surface area contributed by atoms with Crippen LogP contribution in [0.1, 0.15) is 46.7 Å². The zero-order valence-corrected chi connectivity index (χ0v) is 15.1. The number of hydrogen-bond acceptors (Lipinski definition) is 8. The van der Waals surface area contributed by atoms with Crippen molar-refractivity contribution >= 4 is 5.91 Å². The highest BCUT2D eigenvalue weighted by molar-refractivity contribution is 5.92. The Morgan fingerprint density at radius 1 is 1.27 bits per heavy atom. The Balaban J connectivity index is 1.49. The van der Waals surface area contributed by atoms with Gasteiger partial charge in [0.25, 0.3) is 11.8 Å². The van der Waals surface area contributed by atoms with Gasteiger partial charge in [-0.05, 0) is 19.8 Å². The van der Waals surface area contributed by atoms with Crippen molar-refractivity contribution in [3.05, 3.63) is 35.5 Å². The van der Waals surface area contributed by atoms with Crippen LogP contribution in [0.2, 0.25) is 0 Å². The number of nitrogens with zero attached hydrogens (tertiary/aromatic N) is 5. The van der Waals surface area contributed by atoms with E-state index in [9.17, 15) is 4.79 Å². The van der Waals surface area contributed by atoms with E-state index in [-0.39, 0.29) is 18.4 Å². The average Bonchev–Trinajstić information content (AvgIpc) is 3.14. The number of rotatable bonds is 7. The van der Waals surface area contributed by atoms with Crippen LogP contribution in [0.15, 0.2) is 16.9 Å². The predicted molar refractivity (Wildman–Crippen MR) is 90.5 cm³/mol. The van der Waals surface area contributed by atoms with Gasteiger partial charge in [0.05, 0.1) is 25.1 Å². The van der Waals surface area contributed by atoms with Crippen LogP contribution >= 0.6 is 0 Å². The quantitative estimate of drug-likeness (QED) is 0.681. The van der Waals surface area contributed by atoms with E-state index in [1.165, 1.54) is 6.20 Å². The van der Waals surface area contributed by atoms with E-state index in [1.54, 1.807) is 18.2 Å².